The fourth-order valence-electron chi connectivity index (χ4n) is 1.63. The Morgan fingerprint density at radius 3 is 2.29 bits per heavy atom. The summed E-state index contributed by atoms with van der Waals surface area (Å²) in [5.74, 6) is 0. The number of rotatable bonds is 1. The number of hydrogen-bond donors (Lipinski definition) is 1. The van der Waals surface area contributed by atoms with Gasteiger partial charge >= 0.3 is 0 Å². The van der Waals surface area contributed by atoms with E-state index >= 15 is 0 Å². The predicted octanol–water partition coefficient (Wildman–Crippen LogP) is 3.82. The molecule has 2 rings (SSSR count). The van der Waals surface area contributed by atoms with Crippen LogP contribution >= 0.6 is 11.3 Å². The largest absolute Gasteiger partial charge is 0.386 e. The quantitative estimate of drug-likeness (QED) is 0.833. The van der Waals surface area contributed by atoms with Crippen molar-refractivity contribution in [2.75, 3.05) is 0 Å². The summed E-state index contributed by atoms with van der Waals surface area (Å²) in [6.45, 7) is 10.1. The van der Waals surface area contributed by atoms with Crippen molar-refractivity contribution >= 4 is 21.6 Å². The second-order valence-corrected chi connectivity index (χ2v) is 7.04. The van der Waals surface area contributed by atoms with E-state index in [0.29, 0.717) is 0 Å². The van der Waals surface area contributed by atoms with Crippen molar-refractivity contribution in [3.8, 4) is 0 Å². The maximum Gasteiger partial charge on any atom is 0.0992 e. The van der Waals surface area contributed by atoms with Gasteiger partial charge < -0.3 is 5.11 Å². The second kappa shape index (κ2) is 3.79. The SMILES string of the molecule is CC(C)(C)c1nc2cc(C(C)(C)O)ccc2s1. The third-order valence-electron chi connectivity index (χ3n) is 2.74. The van der Waals surface area contributed by atoms with Gasteiger partial charge in [0.25, 0.3) is 0 Å². The molecule has 0 fully saturated rings. The van der Waals surface area contributed by atoms with Crippen molar-refractivity contribution in [2.24, 2.45) is 0 Å². The number of thiazole rings is 1. The fraction of sp³-hybridized carbons (Fsp3) is 0.500. The minimum absolute atomic E-state index is 0.0819. The van der Waals surface area contributed by atoms with Crippen LogP contribution in [0.25, 0.3) is 10.2 Å². The zero-order chi connectivity index (χ0) is 12.8. The van der Waals surface area contributed by atoms with Gasteiger partial charge in [0.2, 0.25) is 0 Å². The standard InChI is InChI=1S/C14H19NOS/c1-13(2,3)12-15-10-8-9(14(4,5)16)6-7-11(10)17-12/h6-8,16H,1-5H3. The molecule has 0 amide bonds. The summed E-state index contributed by atoms with van der Waals surface area (Å²) in [7, 11) is 0. The molecule has 1 N–H and O–H groups in total. The summed E-state index contributed by atoms with van der Waals surface area (Å²) in [6, 6.07) is 6.02. The van der Waals surface area contributed by atoms with E-state index in [1.807, 2.05) is 12.1 Å². The highest BCUT2D eigenvalue weighted by Crippen LogP contribution is 2.33. The van der Waals surface area contributed by atoms with Crippen molar-refractivity contribution < 1.29 is 5.11 Å². The Morgan fingerprint density at radius 1 is 1.12 bits per heavy atom. The van der Waals surface area contributed by atoms with E-state index in [0.717, 1.165) is 16.1 Å². The monoisotopic (exact) mass is 249 g/mol. The van der Waals surface area contributed by atoms with Crippen LogP contribution in [-0.2, 0) is 11.0 Å². The molecule has 0 aliphatic rings. The molecular formula is C14H19NOS. The maximum atomic E-state index is 9.99. The van der Waals surface area contributed by atoms with Crippen LogP contribution in [0.2, 0.25) is 0 Å². The molecule has 17 heavy (non-hydrogen) atoms. The summed E-state index contributed by atoms with van der Waals surface area (Å²) in [5.41, 5.74) is 1.17. The van der Waals surface area contributed by atoms with E-state index in [-0.39, 0.29) is 5.41 Å². The van der Waals surface area contributed by atoms with Gasteiger partial charge in [-0.15, -0.1) is 11.3 Å². The normalized spacial score (nSPS) is 13.3. The molecule has 2 nitrogen and oxygen atoms in total. The summed E-state index contributed by atoms with van der Waals surface area (Å²) >= 11 is 1.73. The van der Waals surface area contributed by atoms with Crippen molar-refractivity contribution in [2.45, 2.75) is 45.6 Å². The average molecular weight is 249 g/mol. The van der Waals surface area contributed by atoms with Crippen LogP contribution in [0.15, 0.2) is 18.2 Å². The molecule has 0 saturated heterocycles. The number of aliphatic hydroxyl groups is 1. The number of nitrogens with zero attached hydrogens (tertiary/aromatic N) is 1. The van der Waals surface area contributed by atoms with Crippen LogP contribution in [0.1, 0.15) is 45.2 Å². The first-order valence-corrected chi connectivity index (χ1v) is 6.63. The van der Waals surface area contributed by atoms with Crippen LogP contribution in [0.5, 0.6) is 0 Å². The summed E-state index contributed by atoms with van der Waals surface area (Å²) in [4.78, 5) is 4.67. The van der Waals surface area contributed by atoms with Gasteiger partial charge in [0.15, 0.2) is 0 Å². The molecule has 2 aromatic rings. The Morgan fingerprint density at radius 2 is 1.76 bits per heavy atom. The Balaban J connectivity index is 2.56. The molecule has 0 atom stereocenters. The zero-order valence-corrected chi connectivity index (χ0v) is 11.9. The van der Waals surface area contributed by atoms with Gasteiger partial charge in [0, 0.05) is 5.41 Å². The molecule has 0 aliphatic carbocycles. The highest BCUT2D eigenvalue weighted by Gasteiger charge is 2.21. The third-order valence-corrected chi connectivity index (χ3v) is 4.20. The van der Waals surface area contributed by atoms with Gasteiger partial charge in [-0.25, -0.2) is 4.98 Å². The molecule has 0 bridgehead atoms. The molecular weight excluding hydrogens is 230 g/mol. The number of aromatic nitrogens is 1. The summed E-state index contributed by atoms with van der Waals surface area (Å²) < 4.78 is 1.18. The van der Waals surface area contributed by atoms with Crippen LogP contribution in [0.4, 0.5) is 0 Å². The van der Waals surface area contributed by atoms with E-state index in [4.69, 9.17) is 0 Å². The zero-order valence-electron chi connectivity index (χ0n) is 11.0. The Bertz CT molecular complexity index is 531. The van der Waals surface area contributed by atoms with Gasteiger partial charge in [-0.2, -0.15) is 0 Å². The minimum atomic E-state index is -0.806. The lowest BCUT2D eigenvalue weighted by atomic mass is 9.97. The summed E-state index contributed by atoms with van der Waals surface area (Å²) in [5, 5.41) is 11.1. The van der Waals surface area contributed by atoms with Crippen molar-refractivity contribution in [3.63, 3.8) is 0 Å². The molecule has 0 aliphatic heterocycles. The van der Waals surface area contributed by atoms with Gasteiger partial charge in [0.05, 0.1) is 20.8 Å². The number of fused-ring (bicyclic) bond motifs is 1. The van der Waals surface area contributed by atoms with Gasteiger partial charge in [0.1, 0.15) is 0 Å². The molecule has 1 aromatic carbocycles. The molecule has 0 unspecified atom stereocenters. The predicted molar refractivity (Wildman–Crippen MR) is 73.6 cm³/mol. The van der Waals surface area contributed by atoms with Gasteiger partial charge in [-0.3, -0.25) is 0 Å². The number of benzene rings is 1. The highest BCUT2D eigenvalue weighted by atomic mass is 32.1. The topological polar surface area (TPSA) is 33.1 Å². The highest BCUT2D eigenvalue weighted by molar-refractivity contribution is 7.18. The van der Waals surface area contributed by atoms with E-state index in [9.17, 15) is 5.11 Å². The first kappa shape index (κ1) is 12.5. The van der Waals surface area contributed by atoms with E-state index in [2.05, 4.69) is 31.8 Å². The van der Waals surface area contributed by atoms with Crippen molar-refractivity contribution in [3.05, 3.63) is 28.8 Å². The Kier molecular flexibility index (Phi) is 2.79. The Labute approximate surface area is 106 Å². The first-order valence-electron chi connectivity index (χ1n) is 5.82. The lowest BCUT2D eigenvalue weighted by Gasteiger charge is -2.17. The van der Waals surface area contributed by atoms with E-state index in [1.54, 1.807) is 25.2 Å². The molecule has 1 aromatic heterocycles. The van der Waals surface area contributed by atoms with Crippen LogP contribution in [0.3, 0.4) is 0 Å². The van der Waals surface area contributed by atoms with Crippen molar-refractivity contribution in [1.29, 1.82) is 0 Å². The first-order chi connectivity index (χ1) is 7.68. The molecule has 1 heterocycles. The summed E-state index contributed by atoms with van der Waals surface area (Å²) in [6.07, 6.45) is 0. The van der Waals surface area contributed by atoms with Crippen LogP contribution < -0.4 is 0 Å². The van der Waals surface area contributed by atoms with Crippen LogP contribution in [-0.4, -0.2) is 10.1 Å². The van der Waals surface area contributed by atoms with Crippen LogP contribution in [0, 0.1) is 0 Å². The smallest absolute Gasteiger partial charge is 0.0992 e. The molecule has 0 saturated carbocycles. The molecule has 92 valence electrons. The van der Waals surface area contributed by atoms with Crippen molar-refractivity contribution in [1.82, 2.24) is 4.98 Å². The second-order valence-electron chi connectivity index (χ2n) is 6.01. The molecule has 0 radical (unpaired) electrons. The van der Waals surface area contributed by atoms with Gasteiger partial charge in [-0.05, 0) is 31.5 Å². The molecule has 3 heteroatoms. The Hall–Kier alpha value is -0.930. The van der Waals surface area contributed by atoms with Gasteiger partial charge in [-0.1, -0.05) is 26.8 Å². The fourth-order valence-corrected chi connectivity index (χ4v) is 2.63. The molecule has 0 spiro atoms. The lowest BCUT2D eigenvalue weighted by molar-refractivity contribution is 0.0787. The minimum Gasteiger partial charge on any atom is -0.386 e. The average Bonchev–Trinajstić information content (AvgIpc) is 2.57. The number of hydrogen-bond acceptors (Lipinski definition) is 3. The lowest BCUT2D eigenvalue weighted by Crippen LogP contribution is -2.15. The third kappa shape index (κ3) is 2.50. The van der Waals surface area contributed by atoms with E-state index < -0.39 is 5.60 Å². The maximum absolute atomic E-state index is 9.99. The van der Waals surface area contributed by atoms with E-state index in [1.165, 1.54) is 4.70 Å².